The van der Waals surface area contributed by atoms with Crippen LogP contribution in [0.5, 0.6) is 0 Å². The van der Waals surface area contributed by atoms with Crippen molar-refractivity contribution in [3.63, 3.8) is 0 Å². The zero-order valence-electron chi connectivity index (χ0n) is 17.9. The number of rotatable bonds is 5. The van der Waals surface area contributed by atoms with Crippen LogP contribution in [0, 0.1) is 5.92 Å². The van der Waals surface area contributed by atoms with E-state index in [0.717, 1.165) is 48.2 Å². The number of carbonyl (C=O) groups excluding carboxylic acids is 1. The van der Waals surface area contributed by atoms with Crippen LogP contribution >= 0.6 is 15.9 Å². The largest absolute Gasteiger partial charge is 0.312 e. The second-order valence-electron chi connectivity index (χ2n) is 8.50. The van der Waals surface area contributed by atoms with E-state index in [2.05, 4.69) is 39.0 Å². The minimum atomic E-state index is -3.47. The first-order valence-electron chi connectivity index (χ1n) is 10.6. The Bertz CT molecular complexity index is 1080. The molecule has 0 radical (unpaired) electrons. The van der Waals surface area contributed by atoms with Crippen LogP contribution in [0.2, 0.25) is 0 Å². The zero-order chi connectivity index (χ0) is 22.2. The van der Waals surface area contributed by atoms with Gasteiger partial charge in [0.1, 0.15) is 0 Å². The molecule has 1 saturated heterocycles. The van der Waals surface area contributed by atoms with E-state index in [1.54, 1.807) is 18.2 Å². The lowest BCUT2D eigenvalue weighted by atomic mass is 9.95. The highest BCUT2D eigenvalue weighted by Gasteiger charge is 2.33. The van der Waals surface area contributed by atoms with Gasteiger partial charge in [0.05, 0.1) is 4.90 Å². The number of amides is 1. The molecule has 2 aliphatic rings. The Hall–Kier alpha value is -1.74. The number of carbonyl (C=O) groups is 1. The number of halogens is 1. The van der Waals surface area contributed by atoms with Gasteiger partial charge in [0.15, 0.2) is 0 Å². The SMILES string of the molecule is CN(C)S(=O)(=O)c1ccc2c(c1)CCN2C(=O)C1CCN(Cc2cccc(Br)c2)CC1. The van der Waals surface area contributed by atoms with E-state index in [1.165, 1.54) is 24.0 Å². The van der Waals surface area contributed by atoms with Crippen molar-refractivity contribution in [3.05, 3.63) is 58.1 Å². The summed E-state index contributed by atoms with van der Waals surface area (Å²) in [6.07, 6.45) is 2.40. The van der Waals surface area contributed by atoms with Gasteiger partial charge < -0.3 is 4.90 Å². The number of hydrogen-bond acceptors (Lipinski definition) is 4. The predicted molar refractivity (Wildman–Crippen MR) is 126 cm³/mol. The standard InChI is InChI=1S/C23H28BrN3O3S/c1-25(2)31(29,30)21-6-7-22-19(15-21)10-13-27(22)23(28)18-8-11-26(12-9-18)16-17-4-3-5-20(24)14-17/h3-7,14-15,18H,8-13,16H2,1-2H3. The summed E-state index contributed by atoms with van der Waals surface area (Å²) in [5.41, 5.74) is 3.07. The van der Waals surface area contributed by atoms with Crippen molar-refractivity contribution in [2.45, 2.75) is 30.7 Å². The highest BCUT2D eigenvalue weighted by molar-refractivity contribution is 9.10. The molecule has 2 aromatic carbocycles. The summed E-state index contributed by atoms with van der Waals surface area (Å²) in [5, 5.41) is 0. The summed E-state index contributed by atoms with van der Waals surface area (Å²) < 4.78 is 27.1. The van der Waals surface area contributed by atoms with Crippen LogP contribution in [0.15, 0.2) is 51.8 Å². The molecule has 31 heavy (non-hydrogen) atoms. The molecule has 0 N–H and O–H groups in total. The van der Waals surface area contributed by atoms with Gasteiger partial charge >= 0.3 is 0 Å². The van der Waals surface area contributed by atoms with E-state index in [1.807, 2.05) is 11.0 Å². The topological polar surface area (TPSA) is 60.9 Å². The maximum Gasteiger partial charge on any atom is 0.242 e. The van der Waals surface area contributed by atoms with Crippen molar-refractivity contribution >= 4 is 37.5 Å². The van der Waals surface area contributed by atoms with E-state index in [9.17, 15) is 13.2 Å². The maximum absolute atomic E-state index is 13.2. The molecule has 2 aromatic rings. The predicted octanol–water partition coefficient (Wildman–Crippen LogP) is 3.50. The van der Waals surface area contributed by atoms with Crippen LogP contribution in [0.4, 0.5) is 5.69 Å². The maximum atomic E-state index is 13.2. The number of nitrogens with zero attached hydrogens (tertiary/aromatic N) is 3. The van der Waals surface area contributed by atoms with Crippen molar-refractivity contribution in [1.82, 2.24) is 9.21 Å². The number of benzene rings is 2. The highest BCUT2D eigenvalue weighted by Crippen LogP contribution is 2.33. The van der Waals surface area contributed by atoms with Crippen molar-refractivity contribution in [2.24, 2.45) is 5.92 Å². The molecule has 166 valence electrons. The molecule has 0 bridgehead atoms. The highest BCUT2D eigenvalue weighted by atomic mass is 79.9. The average molecular weight is 506 g/mol. The van der Waals surface area contributed by atoms with E-state index in [0.29, 0.717) is 13.0 Å². The smallest absolute Gasteiger partial charge is 0.242 e. The normalized spacial score (nSPS) is 17.9. The van der Waals surface area contributed by atoms with E-state index < -0.39 is 10.0 Å². The van der Waals surface area contributed by atoms with Crippen molar-refractivity contribution in [2.75, 3.05) is 38.6 Å². The lowest BCUT2D eigenvalue weighted by molar-refractivity contribution is -0.123. The van der Waals surface area contributed by atoms with Gasteiger partial charge in [0.2, 0.25) is 15.9 Å². The molecule has 0 unspecified atom stereocenters. The van der Waals surface area contributed by atoms with Gasteiger partial charge in [0, 0.05) is 43.3 Å². The average Bonchev–Trinajstić information content (AvgIpc) is 3.17. The van der Waals surface area contributed by atoms with Gasteiger partial charge in [-0.3, -0.25) is 9.69 Å². The summed E-state index contributed by atoms with van der Waals surface area (Å²) in [6.45, 7) is 3.33. The Balaban J connectivity index is 1.40. The van der Waals surface area contributed by atoms with Gasteiger partial charge in [-0.1, -0.05) is 28.1 Å². The minimum absolute atomic E-state index is 0.0230. The second kappa shape index (κ2) is 9.02. The van der Waals surface area contributed by atoms with E-state index in [-0.39, 0.29) is 16.7 Å². The summed E-state index contributed by atoms with van der Waals surface area (Å²) in [7, 11) is -0.412. The third kappa shape index (κ3) is 4.72. The van der Waals surface area contributed by atoms with Crippen LogP contribution < -0.4 is 4.90 Å². The fourth-order valence-electron chi connectivity index (χ4n) is 4.43. The van der Waals surface area contributed by atoms with Gasteiger partial charge in [-0.05, 0) is 73.8 Å². The van der Waals surface area contributed by atoms with Gasteiger partial charge in [0.25, 0.3) is 0 Å². The molecule has 0 aliphatic carbocycles. The van der Waals surface area contributed by atoms with Crippen LogP contribution in [0.1, 0.15) is 24.0 Å². The number of fused-ring (bicyclic) bond motifs is 1. The molecule has 0 spiro atoms. The van der Waals surface area contributed by atoms with Crippen molar-refractivity contribution < 1.29 is 13.2 Å². The summed E-state index contributed by atoms with van der Waals surface area (Å²) in [5.74, 6) is 0.193. The number of hydrogen-bond donors (Lipinski definition) is 0. The fraction of sp³-hybridized carbons (Fsp3) is 0.435. The van der Waals surface area contributed by atoms with Gasteiger partial charge in [-0.25, -0.2) is 12.7 Å². The molecule has 0 aromatic heterocycles. The molecule has 8 heteroatoms. The monoisotopic (exact) mass is 505 g/mol. The fourth-order valence-corrected chi connectivity index (χ4v) is 5.83. The van der Waals surface area contributed by atoms with Crippen molar-refractivity contribution in [1.29, 1.82) is 0 Å². The summed E-state index contributed by atoms with van der Waals surface area (Å²) >= 11 is 3.52. The Morgan fingerprint density at radius 1 is 1.10 bits per heavy atom. The molecule has 0 atom stereocenters. The van der Waals surface area contributed by atoms with E-state index >= 15 is 0 Å². The van der Waals surface area contributed by atoms with Crippen LogP contribution in [0.25, 0.3) is 0 Å². The zero-order valence-corrected chi connectivity index (χ0v) is 20.3. The van der Waals surface area contributed by atoms with Crippen LogP contribution in [0.3, 0.4) is 0 Å². The number of likely N-dealkylation sites (tertiary alicyclic amines) is 1. The molecule has 2 aliphatic heterocycles. The Labute approximate surface area is 193 Å². The summed E-state index contributed by atoms with van der Waals surface area (Å²) in [6, 6.07) is 13.5. The van der Waals surface area contributed by atoms with Crippen molar-refractivity contribution in [3.8, 4) is 0 Å². The van der Waals surface area contributed by atoms with Crippen LogP contribution in [-0.2, 0) is 27.8 Å². The molecule has 2 heterocycles. The summed E-state index contributed by atoms with van der Waals surface area (Å²) in [4.78, 5) is 17.8. The Morgan fingerprint density at radius 3 is 2.52 bits per heavy atom. The molecular weight excluding hydrogens is 478 g/mol. The van der Waals surface area contributed by atoms with Gasteiger partial charge in [-0.2, -0.15) is 0 Å². The number of sulfonamides is 1. The number of anilines is 1. The third-order valence-electron chi connectivity index (χ3n) is 6.22. The molecule has 6 nitrogen and oxygen atoms in total. The molecule has 1 fully saturated rings. The molecular formula is C23H28BrN3O3S. The first-order chi connectivity index (χ1) is 14.8. The second-order valence-corrected chi connectivity index (χ2v) is 11.6. The van der Waals surface area contributed by atoms with E-state index in [4.69, 9.17) is 0 Å². The first kappa shape index (κ1) is 22.5. The quantitative estimate of drug-likeness (QED) is 0.623. The minimum Gasteiger partial charge on any atom is -0.312 e. The molecule has 1 amide bonds. The lowest BCUT2D eigenvalue weighted by Gasteiger charge is -2.33. The molecule has 4 rings (SSSR count). The van der Waals surface area contributed by atoms with Gasteiger partial charge in [-0.15, -0.1) is 0 Å². The Kier molecular flexibility index (Phi) is 6.53. The Morgan fingerprint density at radius 2 is 1.84 bits per heavy atom. The lowest BCUT2D eigenvalue weighted by Crippen LogP contribution is -2.41. The molecule has 0 saturated carbocycles. The third-order valence-corrected chi connectivity index (χ3v) is 8.53. The first-order valence-corrected chi connectivity index (χ1v) is 12.8. The van der Waals surface area contributed by atoms with Crippen LogP contribution in [-0.4, -0.2) is 57.3 Å². The number of piperidine rings is 1.